The third kappa shape index (κ3) is 4.00. The first-order chi connectivity index (χ1) is 10.3. The Kier molecular flexibility index (Phi) is 6.11. The van der Waals surface area contributed by atoms with E-state index in [2.05, 4.69) is 35.4 Å². The molecule has 1 atom stereocenters. The van der Waals surface area contributed by atoms with Crippen LogP contribution in [0.25, 0.3) is 10.9 Å². The van der Waals surface area contributed by atoms with E-state index in [4.69, 9.17) is 9.47 Å². The summed E-state index contributed by atoms with van der Waals surface area (Å²) >= 11 is 0. The fourth-order valence-corrected chi connectivity index (χ4v) is 2.45. The summed E-state index contributed by atoms with van der Waals surface area (Å²) in [5, 5.41) is 4.59. The Hall–Kier alpha value is -1.49. The van der Waals surface area contributed by atoms with E-state index in [1.54, 1.807) is 0 Å². The fourth-order valence-electron chi connectivity index (χ4n) is 2.45. The van der Waals surface area contributed by atoms with Crippen molar-refractivity contribution in [1.82, 2.24) is 10.3 Å². The maximum atomic E-state index is 5.76. The molecule has 4 nitrogen and oxygen atoms in total. The first-order valence-electron chi connectivity index (χ1n) is 7.61. The quantitative estimate of drug-likeness (QED) is 0.757. The molecule has 0 saturated heterocycles. The fraction of sp³-hybridized carbons (Fsp3) is 0.471. The molecule has 2 rings (SSSR count). The Morgan fingerprint density at radius 2 is 1.86 bits per heavy atom. The molecule has 0 amide bonds. The normalized spacial score (nSPS) is 13.0. The summed E-state index contributed by atoms with van der Waals surface area (Å²) in [5.74, 6) is 0. The van der Waals surface area contributed by atoms with E-state index in [1.807, 2.05) is 32.2 Å². The highest BCUT2D eigenvalue weighted by Gasteiger charge is 2.23. The van der Waals surface area contributed by atoms with Crippen LogP contribution < -0.4 is 5.32 Å². The van der Waals surface area contributed by atoms with Crippen molar-refractivity contribution in [3.63, 3.8) is 0 Å². The zero-order chi connectivity index (χ0) is 15.1. The predicted molar refractivity (Wildman–Crippen MR) is 85.2 cm³/mol. The maximum Gasteiger partial charge on any atom is 0.176 e. The lowest BCUT2D eigenvalue weighted by Crippen LogP contribution is -2.36. The number of hydrogen-bond donors (Lipinski definition) is 1. The van der Waals surface area contributed by atoms with Crippen molar-refractivity contribution in [3.8, 4) is 0 Å². The Morgan fingerprint density at radius 3 is 2.52 bits per heavy atom. The van der Waals surface area contributed by atoms with Crippen LogP contribution in [-0.4, -0.2) is 31.0 Å². The minimum absolute atomic E-state index is 0.0134. The molecule has 0 aliphatic heterocycles. The van der Waals surface area contributed by atoms with Gasteiger partial charge in [-0.15, -0.1) is 0 Å². The highest BCUT2D eigenvalue weighted by Crippen LogP contribution is 2.24. The van der Waals surface area contributed by atoms with Crippen molar-refractivity contribution >= 4 is 10.9 Å². The molecule has 0 radical (unpaired) electrons. The topological polar surface area (TPSA) is 43.4 Å². The van der Waals surface area contributed by atoms with Crippen molar-refractivity contribution in [2.24, 2.45) is 0 Å². The molecule has 1 N–H and O–H groups in total. The zero-order valence-corrected chi connectivity index (χ0v) is 13.0. The maximum absolute atomic E-state index is 5.76. The predicted octanol–water partition coefficient (Wildman–Crippen LogP) is 3.28. The molecule has 1 aromatic heterocycles. The third-order valence-corrected chi connectivity index (χ3v) is 3.34. The van der Waals surface area contributed by atoms with Crippen molar-refractivity contribution in [1.29, 1.82) is 0 Å². The largest absolute Gasteiger partial charge is 0.351 e. The average Bonchev–Trinajstić information content (AvgIpc) is 2.52. The number of ether oxygens (including phenoxy) is 2. The lowest BCUT2D eigenvalue weighted by Gasteiger charge is -2.28. The standard InChI is InChI=1S/C17H24N2O2/c1-4-18-16(17(20-5-2)21-6-3)14-9-10-15-13(12-14)8-7-11-19-15/h7-12,16-18H,4-6H2,1-3H3. The number of nitrogens with one attached hydrogen (secondary N) is 1. The van der Waals surface area contributed by atoms with Gasteiger partial charge in [0.25, 0.3) is 0 Å². The van der Waals surface area contributed by atoms with Crippen LogP contribution in [0.5, 0.6) is 0 Å². The first-order valence-corrected chi connectivity index (χ1v) is 7.61. The summed E-state index contributed by atoms with van der Waals surface area (Å²) in [6, 6.07) is 10.3. The van der Waals surface area contributed by atoms with Gasteiger partial charge in [-0.2, -0.15) is 0 Å². The van der Waals surface area contributed by atoms with Crippen LogP contribution in [0.1, 0.15) is 32.4 Å². The van der Waals surface area contributed by atoms with Crippen LogP contribution in [0.2, 0.25) is 0 Å². The summed E-state index contributed by atoms with van der Waals surface area (Å²) in [7, 11) is 0. The second-order valence-electron chi connectivity index (χ2n) is 4.77. The van der Waals surface area contributed by atoms with Crippen molar-refractivity contribution in [2.45, 2.75) is 33.1 Å². The summed E-state index contributed by atoms with van der Waals surface area (Å²) in [6.45, 7) is 8.17. The average molecular weight is 288 g/mol. The van der Waals surface area contributed by atoms with Gasteiger partial charge >= 0.3 is 0 Å². The summed E-state index contributed by atoms with van der Waals surface area (Å²) in [4.78, 5) is 4.36. The van der Waals surface area contributed by atoms with Gasteiger partial charge in [-0.1, -0.05) is 19.1 Å². The minimum Gasteiger partial charge on any atom is -0.351 e. The van der Waals surface area contributed by atoms with Gasteiger partial charge in [0.1, 0.15) is 0 Å². The monoisotopic (exact) mass is 288 g/mol. The smallest absolute Gasteiger partial charge is 0.176 e. The summed E-state index contributed by atoms with van der Waals surface area (Å²) in [6.07, 6.45) is 1.53. The van der Waals surface area contributed by atoms with Crippen molar-refractivity contribution in [3.05, 3.63) is 42.1 Å². The van der Waals surface area contributed by atoms with Crippen LogP contribution in [0.4, 0.5) is 0 Å². The van der Waals surface area contributed by atoms with Gasteiger partial charge < -0.3 is 14.8 Å². The molecule has 0 aliphatic carbocycles. The Balaban J connectivity index is 2.33. The van der Waals surface area contributed by atoms with Gasteiger partial charge in [0.05, 0.1) is 11.6 Å². The molecule has 0 bridgehead atoms. The highest BCUT2D eigenvalue weighted by atomic mass is 16.7. The van der Waals surface area contributed by atoms with Crippen LogP contribution in [0, 0.1) is 0 Å². The van der Waals surface area contributed by atoms with Gasteiger partial charge in [-0.3, -0.25) is 4.98 Å². The van der Waals surface area contributed by atoms with E-state index < -0.39 is 0 Å². The molecule has 1 heterocycles. The van der Waals surface area contributed by atoms with Gasteiger partial charge in [0.2, 0.25) is 0 Å². The molecule has 1 aromatic carbocycles. The number of nitrogens with zero attached hydrogens (tertiary/aromatic N) is 1. The first kappa shape index (κ1) is 15.9. The number of fused-ring (bicyclic) bond motifs is 1. The van der Waals surface area contributed by atoms with Gasteiger partial charge in [-0.25, -0.2) is 0 Å². The Bertz CT molecular complexity index is 553. The summed E-state index contributed by atoms with van der Waals surface area (Å²) in [5.41, 5.74) is 2.16. The van der Waals surface area contributed by atoms with E-state index in [0.29, 0.717) is 13.2 Å². The molecule has 0 aliphatic rings. The molecular weight excluding hydrogens is 264 g/mol. The highest BCUT2D eigenvalue weighted by molar-refractivity contribution is 5.79. The molecule has 4 heteroatoms. The number of rotatable bonds is 8. The Labute approximate surface area is 126 Å². The van der Waals surface area contributed by atoms with Crippen LogP contribution in [-0.2, 0) is 9.47 Å². The molecule has 1 unspecified atom stereocenters. The number of pyridine rings is 1. The van der Waals surface area contributed by atoms with Gasteiger partial charge in [0, 0.05) is 24.8 Å². The third-order valence-electron chi connectivity index (χ3n) is 3.34. The van der Waals surface area contributed by atoms with Gasteiger partial charge in [0.15, 0.2) is 6.29 Å². The lowest BCUT2D eigenvalue weighted by atomic mass is 10.0. The second-order valence-corrected chi connectivity index (χ2v) is 4.77. The molecule has 2 aromatic rings. The molecular formula is C17H24N2O2. The molecule has 21 heavy (non-hydrogen) atoms. The minimum atomic E-state index is -0.283. The van der Waals surface area contributed by atoms with E-state index in [0.717, 1.165) is 23.0 Å². The molecule has 0 saturated carbocycles. The van der Waals surface area contributed by atoms with Crippen LogP contribution in [0.3, 0.4) is 0 Å². The van der Waals surface area contributed by atoms with Gasteiger partial charge in [-0.05, 0) is 44.2 Å². The van der Waals surface area contributed by atoms with Crippen molar-refractivity contribution in [2.75, 3.05) is 19.8 Å². The number of likely N-dealkylation sites (N-methyl/N-ethyl adjacent to an activating group) is 1. The second kappa shape index (κ2) is 8.08. The summed E-state index contributed by atoms with van der Waals surface area (Å²) < 4.78 is 11.5. The van der Waals surface area contributed by atoms with Crippen LogP contribution >= 0.6 is 0 Å². The number of aromatic nitrogens is 1. The molecule has 0 fully saturated rings. The molecule has 0 spiro atoms. The van der Waals surface area contributed by atoms with Crippen LogP contribution in [0.15, 0.2) is 36.5 Å². The van der Waals surface area contributed by atoms with E-state index >= 15 is 0 Å². The number of benzene rings is 1. The zero-order valence-electron chi connectivity index (χ0n) is 13.0. The van der Waals surface area contributed by atoms with E-state index in [9.17, 15) is 0 Å². The lowest BCUT2D eigenvalue weighted by molar-refractivity contribution is -0.155. The number of hydrogen-bond acceptors (Lipinski definition) is 4. The molecule has 114 valence electrons. The SMILES string of the molecule is CCNC(c1ccc2ncccc2c1)C(OCC)OCC. The Morgan fingerprint density at radius 1 is 1.10 bits per heavy atom. The van der Waals surface area contributed by atoms with E-state index in [-0.39, 0.29) is 12.3 Å². The van der Waals surface area contributed by atoms with Crippen molar-refractivity contribution < 1.29 is 9.47 Å². The van der Waals surface area contributed by atoms with E-state index in [1.165, 1.54) is 0 Å².